The largest absolute Gasteiger partial charge is 0.380 e. The van der Waals surface area contributed by atoms with Crippen LogP contribution in [0.15, 0.2) is 40.9 Å². The average molecular weight is 367 g/mol. The smallest absolute Gasteiger partial charge is 0.283 e. The van der Waals surface area contributed by atoms with Gasteiger partial charge in [0.05, 0.1) is 31.7 Å². The third kappa shape index (κ3) is 3.72. The molecule has 5 nitrogen and oxygen atoms in total. The highest BCUT2D eigenvalue weighted by Crippen LogP contribution is 2.27. The molecule has 0 aliphatic heterocycles. The van der Waals surface area contributed by atoms with Crippen LogP contribution >= 0.6 is 27.5 Å². The Morgan fingerprint density at radius 2 is 2.10 bits per heavy atom. The zero-order chi connectivity index (χ0) is 15.4. The summed E-state index contributed by atoms with van der Waals surface area (Å²) >= 11 is 9.19. The minimum absolute atomic E-state index is 0.0141. The van der Waals surface area contributed by atoms with Crippen LogP contribution in [-0.2, 0) is 6.54 Å². The lowest BCUT2D eigenvalue weighted by molar-refractivity contribution is -0.385. The predicted molar refractivity (Wildman–Crippen MR) is 84.3 cm³/mol. The van der Waals surface area contributed by atoms with E-state index in [0.29, 0.717) is 27.3 Å². The van der Waals surface area contributed by atoms with Gasteiger partial charge in [-0.15, -0.1) is 0 Å². The molecule has 0 amide bonds. The summed E-state index contributed by atoms with van der Waals surface area (Å²) in [6, 6.07) is 11.8. The highest BCUT2D eigenvalue weighted by atomic mass is 79.9. The minimum Gasteiger partial charge on any atom is -0.380 e. The Kier molecular flexibility index (Phi) is 4.78. The highest BCUT2D eigenvalue weighted by molar-refractivity contribution is 9.10. The molecule has 2 aromatic carbocycles. The average Bonchev–Trinajstić information content (AvgIpc) is 2.47. The molecule has 0 aromatic heterocycles. The van der Waals surface area contributed by atoms with E-state index in [9.17, 15) is 10.1 Å². The predicted octanol–water partition coefficient (Wildman–Crippen LogP) is 4.49. The second-order valence-electron chi connectivity index (χ2n) is 4.20. The fourth-order valence-corrected chi connectivity index (χ4v) is 2.37. The Morgan fingerprint density at radius 3 is 2.71 bits per heavy atom. The monoisotopic (exact) mass is 365 g/mol. The van der Waals surface area contributed by atoms with Gasteiger partial charge >= 0.3 is 0 Å². The quantitative estimate of drug-likeness (QED) is 0.638. The number of nitrogens with zero attached hydrogens (tertiary/aromatic N) is 2. The summed E-state index contributed by atoms with van der Waals surface area (Å²) in [4.78, 5) is 10.4. The first kappa shape index (κ1) is 15.3. The molecule has 0 atom stereocenters. The molecule has 106 valence electrons. The number of nitro benzene ring substituents is 1. The minimum atomic E-state index is -0.442. The Bertz CT molecular complexity index is 743. The molecule has 2 rings (SSSR count). The van der Waals surface area contributed by atoms with Crippen molar-refractivity contribution in [1.29, 1.82) is 5.26 Å². The third-order valence-corrected chi connectivity index (χ3v) is 3.77. The number of nitriles is 1. The van der Waals surface area contributed by atoms with Crippen molar-refractivity contribution in [1.82, 2.24) is 0 Å². The van der Waals surface area contributed by atoms with E-state index in [1.165, 1.54) is 6.07 Å². The van der Waals surface area contributed by atoms with Crippen LogP contribution in [0.5, 0.6) is 0 Å². The third-order valence-electron chi connectivity index (χ3n) is 2.79. The van der Waals surface area contributed by atoms with Crippen LogP contribution in [0.1, 0.15) is 11.1 Å². The first-order valence-electron chi connectivity index (χ1n) is 5.87. The molecular formula is C14H9BrClN3O2. The van der Waals surface area contributed by atoms with Gasteiger partial charge in [-0.1, -0.05) is 17.7 Å². The molecule has 0 heterocycles. The number of rotatable bonds is 4. The summed E-state index contributed by atoms with van der Waals surface area (Å²) in [5, 5.41) is 23.2. The van der Waals surface area contributed by atoms with Gasteiger partial charge in [0.15, 0.2) is 0 Å². The van der Waals surface area contributed by atoms with Crippen molar-refractivity contribution in [2.45, 2.75) is 6.54 Å². The zero-order valence-electron chi connectivity index (χ0n) is 10.6. The molecule has 0 saturated heterocycles. The molecule has 0 fully saturated rings. The fraction of sp³-hybridized carbons (Fsp3) is 0.0714. The highest BCUT2D eigenvalue weighted by Gasteiger charge is 2.12. The Morgan fingerprint density at radius 1 is 1.33 bits per heavy atom. The van der Waals surface area contributed by atoms with E-state index in [2.05, 4.69) is 21.2 Å². The topological polar surface area (TPSA) is 79.0 Å². The van der Waals surface area contributed by atoms with E-state index in [1.807, 2.05) is 6.07 Å². The van der Waals surface area contributed by atoms with Crippen LogP contribution in [0.25, 0.3) is 0 Å². The Labute approximate surface area is 134 Å². The summed E-state index contributed by atoms with van der Waals surface area (Å²) in [5.74, 6) is 0. The van der Waals surface area contributed by atoms with Crippen LogP contribution in [0, 0.1) is 21.4 Å². The molecule has 0 aliphatic carbocycles. The van der Waals surface area contributed by atoms with Crippen LogP contribution in [-0.4, -0.2) is 4.92 Å². The number of nitrogens with one attached hydrogen (secondary N) is 1. The van der Waals surface area contributed by atoms with Crippen molar-refractivity contribution in [3.05, 3.63) is 67.1 Å². The van der Waals surface area contributed by atoms with Crippen molar-refractivity contribution >= 4 is 38.9 Å². The first-order valence-corrected chi connectivity index (χ1v) is 7.04. The molecule has 2 aromatic rings. The molecule has 7 heteroatoms. The Hall–Kier alpha value is -2.10. The van der Waals surface area contributed by atoms with E-state index in [-0.39, 0.29) is 5.69 Å². The molecule has 0 unspecified atom stereocenters. The van der Waals surface area contributed by atoms with Crippen LogP contribution < -0.4 is 5.32 Å². The normalized spacial score (nSPS) is 9.95. The molecule has 0 saturated carbocycles. The number of anilines is 1. The van der Waals surface area contributed by atoms with E-state index in [4.69, 9.17) is 16.9 Å². The SMILES string of the molecule is N#Cc1ccc(NCc2ccc(Br)c([N+](=O)[O-])c2)c(Cl)c1. The zero-order valence-corrected chi connectivity index (χ0v) is 13.0. The number of hydrogen-bond acceptors (Lipinski definition) is 4. The number of nitro groups is 1. The summed E-state index contributed by atoms with van der Waals surface area (Å²) in [5.41, 5.74) is 1.91. The van der Waals surface area contributed by atoms with Gasteiger partial charge in [-0.25, -0.2) is 0 Å². The summed E-state index contributed by atoms with van der Waals surface area (Å²) in [7, 11) is 0. The molecule has 21 heavy (non-hydrogen) atoms. The maximum Gasteiger partial charge on any atom is 0.283 e. The summed E-state index contributed by atoms with van der Waals surface area (Å²) in [6.45, 7) is 0.389. The van der Waals surface area contributed by atoms with Gasteiger partial charge in [0.2, 0.25) is 0 Å². The van der Waals surface area contributed by atoms with Gasteiger partial charge in [0.25, 0.3) is 5.69 Å². The van der Waals surface area contributed by atoms with Gasteiger partial charge in [-0.2, -0.15) is 5.26 Å². The fourth-order valence-electron chi connectivity index (χ4n) is 1.73. The molecular weight excluding hydrogens is 358 g/mol. The summed E-state index contributed by atoms with van der Waals surface area (Å²) in [6.07, 6.45) is 0. The van der Waals surface area contributed by atoms with Gasteiger partial charge in [-0.3, -0.25) is 10.1 Å². The van der Waals surface area contributed by atoms with Gasteiger partial charge in [0.1, 0.15) is 0 Å². The maximum atomic E-state index is 10.9. The van der Waals surface area contributed by atoms with Crippen LogP contribution in [0.4, 0.5) is 11.4 Å². The lowest BCUT2D eigenvalue weighted by Crippen LogP contribution is -2.01. The van der Waals surface area contributed by atoms with E-state index in [0.717, 1.165) is 5.56 Å². The molecule has 1 N–H and O–H groups in total. The summed E-state index contributed by atoms with van der Waals surface area (Å²) < 4.78 is 0.438. The van der Waals surface area contributed by atoms with Crippen LogP contribution in [0.2, 0.25) is 5.02 Å². The number of halogens is 2. The van der Waals surface area contributed by atoms with Crippen molar-refractivity contribution in [2.24, 2.45) is 0 Å². The molecule has 0 aliphatic rings. The van der Waals surface area contributed by atoms with Gasteiger partial charge in [-0.05, 0) is 45.8 Å². The van der Waals surface area contributed by atoms with Crippen molar-refractivity contribution in [3.8, 4) is 6.07 Å². The van der Waals surface area contributed by atoms with Crippen molar-refractivity contribution in [3.63, 3.8) is 0 Å². The maximum absolute atomic E-state index is 10.9. The molecule has 0 bridgehead atoms. The Balaban J connectivity index is 2.15. The van der Waals surface area contributed by atoms with E-state index >= 15 is 0 Å². The van der Waals surface area contributed by atoms with E-state index in [1.54, 1.807) is 30.3 Å². The van der Waals surface area contributed by atoms with Crippen molar-refractivity contribution in [2.75, 3.05) is 5.32 Å². The second-order valence-corrected chi connectivity index (χ2v) is 5.46. The van der Waals surface area contributed by atoms with Gasteiger partial charge < -0.3 is 5.32 Å². The molecule has 0 spiro atoms. The van der Waals surface area contributed by atoms with E-state index < -0.39 is 4.92 Å². The first-order chi connectivity index (χ1) is 10.0. The number of hydrogen-bond donors (Lipinski definition) is 1. The lowest BCUT2D eigenvalue weighted by Gasteiger charge is -2.09. The number of benzene rings is 2. The second kappa shape index (κ2) is 6.57. The lowest BCUT2D eigenvalue weighted by atomic mass is 10.2. The van der Waals surface area contributed by atoms with Gasteiger partial charge in [0, 0.05) is 12.6 Å². The standard InChI is InChI=1S/C14H9BrClN3O2/c15-11-3-1-10(6-14(11)19(20)21)8-18-13-4-2-9(7-17)5-12(13)16/h1-6,18H,8H2. The molecule has 0 radical (unpaired) electrons. The van der Waals surface area contributed by atoms with Crippen LogP contribution in [0.3, 0.4) is 0 Å². The van der Waals surface area contributed by atoms with Crippen molar-refractivity contribution < 1.29 is 4.92 Å².